The average Bonchev–Trinajstić information content (AvgIpc) is 2.68. The van der Waals surface area contributed by atoms with Crippen molar-refractivity contribution in [3.8, 4) is 12.3 Å². The third kappa shape index (κ3) is 3.46. The van der Waals surface area contributed by atoms with Gasteiger partial charge in [0.15, 0.2) is 0 Å². The number of aryl methyl sites for hydroxylation is 1. The number of carboxylic acids is 1. The van der Waals surface area contributed by atoms with Crippen LogP contribution in [0.15, 0.2) is 0 Å². The van der Waals surface area contributed by atoms with Crippen LogP contribution in [0, 0.1) is 19.3 Å². The minimum absolute atomic E-state index is 0.187. The maximum Gasteiger partial charge on any atom is 0.347 e. The first-order chi connectivity index (χ1) is 8.45. The van der Waals surface area contributed by atoms with E-state index in [1.165, 1.54) is 4.90 Å². The molecule has 2 N–H and O–H groups in total. The number of carbonyl (C=O) groups is 2. The van der Waals surface area contributed by atoms with Gasteiger partial charge in [0.25, 0.3) is 0 Å². The number of aromatic carboxylic acids is 1. The van der Waals surface area contributed by atoms with Crippen molar-refractivity contribution in [2.24, 2.45) is 0 Å². The molecule has 7 heteroatoms. The number of hydrogen-bond donors (Lipinski definition) is 2. The second-order valence-electron chi connectivity index (χ2n) is 3.55. The molecule has 1 aromatic rings. The summed E-state index contributed by atoms with van der Waals surface area (Å²) in [5.41, 5.74) is 0.453. The molecule has 0 aliphatic carbocycles. The van der Waals surface area contributed by atoms with E-state index < -0.39 is 5.97 Å². The molecule has 1 heterocycles. The van der Waals surface area contributed by atoms with Crippen molar-refractivity contribution in [1.82, 2.24) is 15.2 Å². The highest BCUT2D eigenvalue weighted by Gasteiger charge is 2.14. The fourth-order valence-electron chi connectivity index (χ4n) is 1.22. The third-order valence-electron chi connectivity index (χ3n) is 2.10. The molecule has 0 bridgehead atoms. The van der Waals surface area contributed by atoms with Gasteiger partial charge in [-0.25, -0.2) is 14.6 Å². The Hall–Kier alpha value is -2.07. The molecule has 18 heavy (non-hydrogen) atoms. The SMILES string of the molecule is C#CCN(C)C(=O)NCc1nc(C)c(C(=O)O)s1. The molecule has 0 aliphatic rings. The summed E-state index contributed by atoms with van der Waals surface area (Å²) in [6.45, 7) is 2.02. The molecule has 0 radical (unpaired) electrons. The van der Waals surface area contributed by atoms with Crippen molar-refractivity contribution in [1.29, 1.82) is 0 Å². The molecular formula is C11H13N3O3S. The topological polar surface area (TPSA) is 82.5 Å². The van der Waals surface area contributed by atoms with Crippen molar-refractivity contribution in [2.75, 3.05) is 13.6 Å². The van der Waals surface area contributed by atoms with Crippen LogP contribution >= 0.6 is 11.3 Å². The second-order valence-corrected chi connectivity index (χ2v) is 4.63. The van der Waals surface area contributed by atoms with E-state index in [0.717, 1.165) is 11.3 Å². The summed E-state index contributed by atoms with van der Waals surface area (Å²) < 4.78 is 0. The van der Waals surface area contributed by atoms with Gasteiger partial charge in [0.2, 0.25) is 0 Å². The van der Waals surface area contributed by atoms with Crippen molar-refractivity contribution in [3.05, 3.63) is 15.6 Å². The van der Waals surface area contributed by atoms with Crippen LogP contribution in [0.3, 0.4) is 0 Å². The molecule has 0 aromatic carbocycles. The highest BCUT2D eigenvalue weighted by molar-refractivity contribution is 7.13. The van der Waals surface area contributed by atoms with E-state index in [0.29, 0.717) is 10.7 Å². The summed E-state index contributed by atoms with van der Waals surface area (Å²) in [5.74, 6) is 1.34. The van der Waals surface area contributed by atoms with Crippen molar-refractivity contribution in [2.45, 2.75) is 13.5 Å². The average molecular weight is 267 g/mol. The zero-order chi connectivity index (χ0) is 13.7. The Labute approximate surface area is 109 Å². The van der Waals surface area contributed by atoms with Crippen LogP contribution < -0.4 is 5.32 Å². The fraction of sp³-hybridized carbons (Fsp3) is 0.364. The summed E-state index contributed by atoms with van der Waals surface area (Å²) in [6, 6.07) is -0.322. The highest BCUT2D eigenvalue weighted by atomic mass is 32.1. The van der Waals surface area contributed by atoms with Crippen molar-refractivity contribution >= 4 is 23.3 Å². The number of amides is 2. The van der Waals surface area contributed by atoms with E-state index in [1.54, 1.807) is 14.0 Å². The van der Waals surface area contributed by atoms with Gasteiger partial charge in [-0.2, -0.15) is 0 Å². The minimum atomic E-state index is -1.01. The summed E-state index contributed by atoms with van der Waals surface area (Å²) in [4.78, 5) is 27.9. The Morgan fingerprint density at radius 1 is 1.61 bits per heavy atom. The molecule has 1 aromatic heterocycles. The van der Waals surface area contributed by atoms with Crippen LogP contribution in [0.5, 0.6) is 0 Å². The van der Waals surface area contributed by atoms with Crippen LogP contribution in [0.2, 0.25) is 0 Å². The van der Waals surface area contributed by atoms with Gasteiger partial charge in [-0.1, -0.05) is 5.92 Å². The lowest BCUT2D eigenvalue weighted by Crippen LogP contribution is -2.36. The van der Waals surface area contributed by atoms with Gasteiger partial charge in [0, 0.05) is 7.05 Å². The molecule has 1 rings (SSSR count). The van der Waals surface area contributed by atoms with Crippen LogP contribution in [0.4, 0.5) is 4.79 Å². The fourth-order valence-corrected chi connectivity index (χ4v) is 2.06. The molecule has 0 aliphatic heterocycles. The van der Waals surface area contributed by atoms with E-state index in [4.69, 9.17) is 11.5 Å². The first-order valence-electron chi connectivity index (χ1n) is 5.07. The van der Waals surface area contributed by atoms with E-state index in [2.05, 4.69) is 16.2 Å². The van der Waals surface area contributed by atoms with Gasteiger partial charge in [-0.15, -0.1) is 17.8 Å². The lowest BCUT2D eigenvalue weighted by molar-refractivity contribution is 0.0701. The largest absolute Gasteiger partial charge is 0.477 e. The summed E-state index contributed by atoms with van der Waals surface area (Å²) in [7, 11) is 1.57. The maximum absolute atomic E-state index is 11.5. The molecule has 0 fully saturated rings. The summed E-state index contributed by atoms with van der Waals surface area (Å²) >= 11 is 1.05. The number of terminal acetylenes is 1. The summed E-state index contributed by atoms with van der Waals surface area (Å²) in [5, 5.41) is 12.0. The number of carboxylic acid groups (broad SMARTS) is 1. The van der Waals surface area contributed by atoms with Crippen molar-refractivity contribution < 1.29 is 14.7 Å². The lowest BCUT2D eigenvalue weighted by atomic mass is 10.4. The van der Waals surface area contributed by atoms with Gasteiger partial charge in [-0.05, 0) is 6.92 Å². The zero-order valence-corrected chi connectivity index (χ0v) is 10.9. The second kappa shape index (κ2) is 6.02. The van der Waals surface area contributed by atoms with Gasteiger partial charge >= 0.3 is 12.0 Å². The molecule has 0 spiro atoms. The zero-order valence-electron chi connectivity index (χ0n) is 10.1. The van der Waals surface area contributed by atoms with E-state index >= 15 is 0 Å². The molecule has 0 saturated carbocycles. The Balaban J connectivity index is 2.59. The number of nitrogens with one attached hydrogen (secondary N) is 1. The van der Waals surface area contributed by atoms with Crippen LogP contribution in [0.25, 0.3) is 0 Å². The molecule has 0 unspecified atom stereocenters. The van der Waals surface area contributed by atoms with Gasteiger partial charge < -0.3 is 15.3 Å². The monoisotopic (exact) mass is 267 g/mol. The van der Waals surface area contributed by atoms with Gasteiger partial charge in [-0.3, -0.25) is 0 Å². The number of nitrogens with zero attached hydrogens (tertiary/aromatic N) is 2. The number of carbonyl (C=O) groups excluding carboxylic acids is 1. The third-order valence-corrected chi connectivity index (χ3v) is 3.25. The summed E-state index contributed by atoms with van der Waals surface area (Å²) in [6.07, 6.45) is 5.08. The van der Waals surface area contributed by atoms with E-state index in [-0.39, 0.29) is 24.0 Å². The number of rotatable bonds is 4. The normalized spacial score (nSPS) is 9.61. The van der Waals surface area contributed by atoms with Crippen LogP contribution in [0.1, 0.15) is 20.4 Å². The molecule has 0 saturated heterocycles. The standard InChI is InChI=1S/C11H13N3O3S/c1-4-5-14(3)11(17)12-6-8-13-7(2)9(18-8)10(15)16/h1H,5-6H2,2-3H3,(H,12,17)(H,15,16). The first kappa shape index (κ1) is 14.0. The Morgan fingerprint density at radius 3 is 2.78 bits per heavy atom. The number of aromatic nitrogens is 1. The number of hydrogen-bond acceptors (Lipinski definition) is 4. The minimum Gasteiger partial charge on any atom is -0.477 e. The Kier molecular flexibility index (Phi) is 4.68. The highest BCUT2D eigenvalue weighted by Crippen LogP contribution is 2.17. The molecule has 2 amide bonds. The predicted octanol–water partition coefficient (Wildman–Crippen LogP) is 0.924. The molecule has 0 atom stereocenters. The smallest absolute Gasteiger partial charge is 0.347 e. The van der Waals surface area contributed by atoms with Crippen LogP contribution in [-0.4, -0.2) is 40.6 Å². The van der Waals surface area contributed by atoms with E-state index in [1.807, 2.05) is 0 Å². The Bertz CT molecular complexity index is 504. The molecular weight excluding hydrogens is 254 g/mol. The van der Waals surface area contributed by atoms with Crippen LogP contribution in [-0.2, 0) is 6.54 Å². The van der Waals surface area contributed by atoms with E-state index in [9.17, 15) is 9.59 Å². The Morgan fingerprint density at radius 2 is 2.28 bits per heavy atom. The first-order valence-corrected chi connectivity index (χ1v) is 5.89. The number of urea groups is 1. The number of thiazole rings is 1. The van der Waals surface area contributed by atoms with Gasteiger partial charge in [0.05, 0.1) is 18.8 Å². The molecule has 96 valence electrons. The molecule has 6 nitrogen and oxygen atoms in total. The van der Waals surface area contributed by atoms with Gasteiger partial charge in [0.1, 0.15) is 9.88 Å². The predicted molar refractivity (Wildman–Crippen MR) is 67.5 cm³/mol. The lowest BCUT2D eigenvalue weighted by Gasteiger charge is -2.13. The van der Waals surface area contributed by atoms with Crippen molar-refractivity contribution in [3.63, 3.8) is 0 Å². The maximum atomic E-state index is 11.5. The quantitative estimate of drug-likeness (QED) is 0.795.